The van der Waals surface area contributed by atoms with E-state index < -0.39 is 0 Å². The van der Waals surface area contributed by atoms with Gasteiger partial charge in [-0.3, -0.25) is 9.36 Å². The predicted octanol–water partition coefficient (Wildman–Crippen LogP) is 1.29. The van der Waals surface area contributed by atoms with E-state index in [-0.39, 0.29) is 0 Å². The zero-order valence-corrected chi connectivity index (χ0v) is 12.1. The maximum Gasteiger partial charge on any atom is 0.0853 e. The summed E-state index contributed by atoms with van der Waals surface area (Å²) in [7, 11) is 1.94. The van der Waals surface area contributed by atoms with Crippen molar-refractivity contribution in [2.45, 2.75) is 39.7 Å². The summed E-state index contributed by atoms with van der Waals surface area (Å²) in [6.45, 7) is 5.73. The zero-order valence-electron chi connectivity index (χ0n) is 12.1. The third-order valence-corrected chi connectivity index (χ3v) is 3.39. The molecule has 0 bridgehead atoms. The monoisotopic (exact) mass is 261 g/mol. The van der Waals surface area contributed by atoms with Crippen molar-refractivity contribution >= 4 is 0 Å². The molecule has 0 aromatic carbocycles. The van der Waals surface area contributed by atoms with E-state index in [1.807, 2.05) is 24.0 Å². The molecule has 0 fully saturated rings. The second-order valence-corrected chi connectivity index (χ2v) is 4.76. The first-order valence-electron chi connectivity index (χ1n) is 6.95. The van der Waals surface area contributed by atoms with Crippen molar-refractivity contribution in [3.63, 3.8) is 0 Å². The average Bonchev–Trinajstić information content (AvgIpc) is 2.94. The maximum atomic E-state index is 5.72. The molecule has 0 saturated heterocycles. The van der Waals surface area contributed by atoms with Crippen LogP contribution in [0.4, 0.5) is 0 Å². The molecule has 0 aliphatic carbocycles. The second kappa shape index (κ2) is 6.02. The molecule has 5 nitrogen and oxygen atoms in total. The quantitative estimate of drug-likeness (QED) is 0.852. The maximum absolute atomic E-state index is 5.72. The van der Waals surface area contributed by atoms with Crippen LogP contribution < -0.4 is 5.73 Å². The SMILES string of the molecule is CCc1nn(Cc2ccn(C)n2)c(CC)c1CCN. The molecule has 2 rings (SSSR count). The average molecular weight is 261 g/mol. The van der Waals surface area contributed by atoms with E-state index >= 15 is 0 Å². The smallest absolute Gasteiger partial charge is 0.0853 e. The van der Waals surface area contributed by atoms with Gasteiger partial charge in [0.1, 0.15) is 0 Å². The Kier molecular flexibility index (Phi) is 4.37. The van der Waals surface area contributed by atoms with Crippen molar-refractivity contribution in [3.05, 3.63) is 34.9 Å². The highest BCUT2D eigenvalue weighted by Crippen LogP contribution is 2.17. The number of nitrogens with zero attached hydrogens (tertiary/aromatic N) is 4. The van der Waals surface area contributed by atoms with Gasteiger partial charge in [0, 0.05) is 18.9 Å². The molecule has 0 radical (unpaired) electrons. The molecule has 0 aliphatic rings. The van der Waals surface area contributed by atoms with Gasteiger partial charge in [-0.2, -0.15) is 10.2 Å². The van der Waals surface area contributed by atoms with Gasteiger partial charge in [0.25, 0.3) is 0 Å². The number of hydrogen-bond acceptors (Lipinski definition) is 3. The molecule has 2 heterocycles. The predicted molar refractivity (Wildman–Crippen MR) is 76.1 cm³/mol. The molecular weight excluding hydrogens is 238 g/mol. The van der Waals surface area contributed by atoms with Gasteiger partial charge in [-0.1, -0.05) is 13.8 Å². The molecule has 104 valence electrons. The molecule has 0 saturated carbocycles. The molecule has 0 amide bonds. The van der Waals surface area contributed by atoms with Crippen LogP contribution in [0.25, 0.3) is 0 Å². The Morgan fingerprint density at radius 1 is 1.21 bits per heavy atom. The van der Waals surface area contributed by atoms with Gasteiger partial charge in [0.15, 0.2) is 0 Å². The fourth-order valence-corrected chi connectivity index (χ4v) is 2.53. The van der Waals surface area contributed by atoms with Crippen LogP contribution in [-0.2, 0) is 32.9 Å². The third kappa shape index (κ3) is 2.87. The van der Waals surface area contributed by atoms with Gasteiger partial charge in [-0.15, -0.1) is 0 Å². The van der Waals surface area contributed by atoms with Crippen LogP contribution in [0.5, 0.6) is 0 Å². The summed E-state index contributed by atoms with van der Waals surface area (Å²) in [5.74, 6) is 0. The fourth-order valence-electron chi connectivity index (χ4n) is 2.53. The van der Waals surface area contributed by atoms with Crippen LogP contribution in [0.15, 0.2) is 12.3 Å². The minimum Gasteiger partial charge on any atom is -0.330 e. The zero-order chi connectivity index (χ0) is 13.8. The molecule has 2 aromatic heterocycles. The van der Waals surface area contributed by atoms with Crippen LogP contribution in [0.1, 0.15) is 36.5 Å². The van der Waals surface area contributed by atoms with Crippen LogP contribution in [0.3, 0.4) is 0 Å². The Morgan fingerprint density at radius 3 is 2.53 bits per heavy atom. The fraction of sp³-hybridized carbons (Fsp3) is 0.571. The van der Waals surface area contributed by atoms with Crippen molar-refractivity contribution in [3.8, 4) is 0 Å². The summed E-state index contributed by atoms with van der Waals surface area (Å²) in [6.07, 6.45) is 4.81. The molecule has 5 heteroatoms. The minimum atomic E-state index is 0.676. The summed E-state index contributed by atoms with van der Waals surface area (Å²) in [6, 6.07) is 2.04. The van der Waals surface area contributed by atoms with E-state index in [1.165, 1.54) is 17.0 Å². The summed E-state index contributed by atoms with van der Waals surface area (Å²) in [5, 5.41) is 9.16. The number of aromatic nitrogens is 4. The van der Waals surface area contributed by atoms with Crippen molar-refractivity contribution in [1.82, 2.24) is 19.6 Å². The van der Waals surface area contributed by atoms with E-state index in [0.717, 1.165) is 31.5 Å². The van der Waals surface area contributed by atoms with Gasteiger partial charge in [0.2, 0.25) is 0 Å². The third-order valence-electron chi connectivity index (χ3n) is 3.39. The lowest BCUT2D eigenvalue weighted by molar-refractivity contribution is 0.616. The largest absolute Gasteiger partial charge is 0.330 e. The van der Waals surface area contributed by atoms with Gasteiger partial charge in [-0.25, -0.2) is 0 Å². The highest BCUT2D eigenvalue weighted by atomic mass is 15.3. The first kappa shape index (κ1) is 13.8. The van der Waals surface area contributed by atoms with E-state index in [2.05, 4.69) is 23.6 Å². The molecular formula is C14H23N5. The Balaban J connectivity index is 2.33. The first-order chi connectivity index (χ1) is 9.19. The summed E-state index contributed by atoms with van der Waals surface area (Å²) >= 11 is 0. The topological polar surface area (TPSA) is 61.7 Å². The summed E-state index contributed by atoms with van der Waals surface area (Å²) < 4.78 is 3.91. The lowest BCUT2D eigenvalue weighted by Crippen LogP contribution is -2.09. The van der Waals surface area contributed by atoms with Crippen molar-refractivity contribution in [1.29, 1.82) is 0 Å². The van der Waals surface area contributed by atoms with Gasteiger partial charge < -0.3 is 5.73 Å². The Labute approximate surface area is 114 Å². The van der Waals surface area contributed by atoms with Crippen molar-refractivity contribution in [2.75, 3.05) is 6.54 Å². The van der Waals surface area contributed by atoms with E-state index in [0.29, 0.717) is 6.54 Å². The van der Waals surface area contributed by atoms with E-state index in [1.54, 1.807) is 0 Å². The Bertz CT molecular complexity index is 538. The van der Waals surface area contributed by atoms with Gasteiger partial charge in [-0.05, 0) is 37.4 Å². The van der Waals surface area contributed by atoms with Crippen LogP contribution in [0, 0.1) is 0 Å². The highest BCUT2D eigenvalue weighted by molar-refractivity contribution is 5.27. The lowest BCUT2D eigenvalue weighted by Gasteiger charge is -2.06. The van der Waals surface area contributed by atoms with Gasteiger partial charge >= 0.3 is 0 Å². The number of rotatable bonds is 6. The van der Waals surface area contributed by atoms with Crippen LogP contribution >= 0.6 is 0 Å². The normalized spacial score (nSPS) is 11.2. The molecule has 2 aromatic rings. The summed E-state index contributed by atoms with van der Waals surface area (Å²) in [4.78, 5) is 0. The lowest BCUT2D eigenvalue weighted by atomic mass is 10.1. The molecule has 2 N–H and O–H groups in total. The van der Waals surface area contributed by atoms with E-state index in [4.69, 9.17) is 10.8 Å². The standard InChI is InChI=1S/C14H23N5/c1-4-13-12(6-8-15)14(5-2)19(17-13)10-11-7-9-18(3)16-11/h7,9H,4-6,8,10,15H2,1-3H3. The van der Waals surface area contributed by atoms with E-state index in [9.17, 15) is 0 Å². The molecule has 0 spiro atoms. The van der Waals surface area contributed by atoms with Crippen molar-refractivity contribution in [2.24, 2.45) is 12.8 Å². The number of hydrogen-bond donors (Lipinski definition) is 1. The van der Waals surface area contributed by atoms with Crippen molar-refractivity contribution < 1.29 is 0 Å². The first-order valence-corrected chi connectivity index (χ1v) is 6.95. The van der Waals surface area contributed by atoms with Gasteiger partial charge in [0.05, 0.1) is 17.9 Å². The second-order valence-electron chi connectivity index (χ2n) is 4.76. The summed E-state index contributed by atoms with van der Waals surface area (Å²) in [5.41, 5.74) is 10.6. The minimum absolute atomic E-state index is 0.676. The molecule has 19 heavy (non-hydrogen) atoms. The number of aryl methyl sites for hydroxylation is 2. The Morgan fingerprint density at radius 2 is 2.00 bits per heavy atom. The number of nitrogens with two attached hydrogens (primary N) is 1. The molecule has 0 aliphatic heterocycles. The van der Waals surface area contributed by atoms with Crippen LogP contribution in [-0.4, -0.2) is 26.1 Å². The molecule has 0 atom stereocenters. The van der Waals surface area contributed by atoms with Crippen LogP contribution in [0.2, 0.25) is 0 Å². The Hall–Kier alpha value is -1.62. The highest BCUT2D eigenvalue weighted by Gasteiger charge is 2.15. The molecule has 0 unspecified atom stereocenters.